The summed E-state index contributed by atoms with van der Waals surface area (Å²) >= 11 is 3.41. The first-order chi connectivity index (χ1) is 8.97. The minimum atomic E-state index is -3.67. The van der Waals surface area contributed by atoms with Crippen molar-refractivity contribution in [3.05, 3.63) is 30.1 Å². The van der Waals surface area contributed by atoms with Crippen LogP contribution in [-0.4, -0.2) is 19.3 Å². The zero-order valence-corrected chi connectivity index (χ0v) is 12.9. The van der Waals surface area contributed by atoms with Crippen molar-refractivity contribution in [1.82, 2.24) is 4.72 Å². The van der Waals surface area contributed by atoms with E-state index in [0.717, 1.165) is 38.2 Å². The van der Waals surface area contributed by atoms with E-state index in [4.69, 9.17) is 0 Å². The molecule has 2 rings (SSSR count). The van der Waals surface area contributed by atoms with Crippen molar-refractivity contribution in [2.75, 3.05) is 5.33 Å². The second-order valence-corrected chi connectivity index (χ2v) is 7.28. The van der Waals surface area contributed by atoms with Gasteiger partial charge in [-0.1, -0.05) is 41.3 Å². The maximum absolute atomic E-state index is 13.2. The van der Waals surface area contributed by atoms with E-state index in [0.29, 0.717) is 5.33 Å². The molecular weight excluding hydrogens is 333 g/mol. The highest BCUT2D eigenvalue weighted by Gasteiger charge is 2.35. The predicted molar refractivity (Wildman–Crippen MR) is 76.3 cm³/mol. The largest absolute Gasteiger partial charge is 0.241 e. The van der Waals surface area contributed by atoms with Gasteiger partial charge in [-0.15, -0.1) is 0 Å². The van der Waals surface area contributed by atoms with Crippen LogP contribution in [0.2, 0.25) is 0 Å². The van der Waals surface area contributed by atoms with Crippen LogP contribution in [0.4, 0.5) is 4.39 Å². The third kappa shape index (κ3) is 3.55. The van der Waals surface area contributed by atoms with Gasteiger partial charge in [-0.3, -0.25) is 0 Å². The molecule has 0 radical (unpaired) electrons. The van der Waals surface area contributed by atoms with E-state index in [1.54, 1.807) is 0 Å². The summed E-state index contributed by atoms with van der Waals surface area (Å²) in [6.45, 7) is 0. The van der Waals surface area contributed by atoms with Crippen molar-refractivity contribution in [2.45, 2.75) is 42.5 Å². The summed E-state index contributed by atoms with van der Waals surface area (Å²) in [5.41, 5.74) is -0.441. The Hall–Kier alpha value is -0.460. The van der Waals surface area contributed by atoms with Gasteiger partial charge < -0.3 is 0 Å². The lowest BCUT2D eigenvalue weighted by atomic mass is 9.84. The van der Waals surface area contributed by atoms with Crippen LogP contribution in [0.1, 0.15) is 32.1 Å². The fourth-order valence-electron chi connectivity index (χ4n) is 2.47. The fraction of sp³-hybridized carbons (Fsp3) is 0.538. The summed E-state index contributed by atoms with van der Waals surface area (Å²) in [5, 5.41) is 0.578. The first-order valence-electron chi connectivity index (χ1n) is 6.33. The average molecular weight is 350 g/mol. The topological polar surface area (TPSA) is 46.2 Å². The van der Waals surface area contributed by atoms with Gasteiger partial charge in [0.05, 0.1) is 4.90 Å². The molecule has 3 nitrogen and oxygen atoms in total. The highest BCUT2D eigenvalue weighted by atomic mass is 79.9. The first-order valence-corrected chi connectivity index (χ1v) is 8.93. The number of alkyl halides is 1. The average Bonchev–Trinajstić information content (AvgIpc) is 2.39. The van der Waals surface area contributed by atoms with E-state index in [1.165, 1.54) is 18.2 Å². The zero-order valence-electron chi connectivity index (χ0n) is 10.5. The third-order valence-corrected chi connectivity index (χ3v) is 6.17. The summed E-state index contributed by atoms with van der Waals surface area (Å²) in [7, 11) is -3.67. The van der Waals surface area contributed by atoms with E-state index in [9.17, 15) is 12.8 Å². The van der Waals surface area contributed by atoms with Crippen LogP contribution in [0.3, 0.4) is 0 Å². The summed E-state index contributed by atoms with van der Waals surface area (Å²) in [5.74, 6) is -0.542. The minimum Gasteiger partial charge on any atom is -0.207 e. The SMILES string of the molecule is O=S(=O)(NC1(CBr)CCCCC1)c1cccc(F)c1. The molecule has 0 atom stereocenters. The molecule has 1 aromatic rings. The molecule has 1 aliphatic carbocycles. The molecule has 1 N–H and O–H groups in total. The predicted octanol–water partition coefficient (Wildman–Crippen LogP) is 3.20. The smallest absolute Gasteiger partial charge is 0.207 e. The number of rotatable bonds is 4. The van der Waals surface area contributed by atoms with Crippen LogP contribution in [0.15, 0.2) is 29.2 Å². The molecule has 1 saturated carbocycles. The Bertz CT molecular complexity index is 541. The molecule has 0 bridgehead atoms. The molecule has 0 unspecified atom stereocenters. The molecule has 0 aromatic heterocycles. The maximum atomic E-state index is 13.2. The van der Waals surface area contributed by atoms with E-state index >= 15 is 0 Å². The molecule has 0 spiro atoms. The van der Waals surface area contributed by atoms with Gasteiger partial charge >= 0.3 is 0 Å². The highest BCUT2D eigenvalue weighted by Crippen LogP contribution is 2.31. The van der Waals surface area contributed by atoms with Crippen molar-refractivity contribution in [3.63, 3.8) is 0 Å². The van der Waals surface area contributed by atoms with E-state index in [2.05, 4.69) is 20.7 Å². The zero-order chi connectivity index (χ0) is 13.9. The van der Waals surface area contributed by atoms with Crippen LogP contribution in [0, 0.1) is 5.82 Å². The molecule has 6 heteroatoms. The molecule has 1 aromatic carbocycles. The van der Waals surface area contributed by atoms with Crippen LogP contribution in [-0.2, 0) is 10.0 Å². The fourth-order valence-corrected chi connectivity index (χ4v) is 4.85. The number of halogens is 2. The summed E-state index contributed by atoms with van der Waals surface area (Å²) in [6.07, 6.45) is 4.78. The Labute approximate surface area is 121 Å². The minimum absolute atomic E-state index is 0.0154. The molecule has 0 saturated heterocycles. The lowest BCUT2D eigenvalue weighted by Crippen LogP contribution is -2.51. The summed E-state index contributed by atoms with van der Waals surface area (Å²) in [4.78, 5) is -0.0154. The van der Waals surface area contributed by atoms with E-state index in [-0.39, 0.29) is 4.90 Å². The molecule has 0 amide bonds. The quantitative estimate of drug-likeness (QED) is 0.848. The number of benzene rings is 1. The van der Waals surface area contributed by atoms with Gasteiger partial charge in [-0.25, -0.2) is 17.5 Å². The monoisotopic (exact) mass is 349 g/mol. The van der Waals surface area contributed by atoms with Gasteiger partial charge in [0.25, 0.3) is 0 Å². The highest BCUT2D eigenvalue weighted by molar-refractivity contribution is 9.09. The number of hydrogen-bond donors (Lipinski definition) is 1. The second-order valence-electron chi connectivity index (χ2n) is 5.04. The maximum Gasteiger partial charge on any atom is 0.241 e. The van der Waals surface area contributed by atoms with Crippen molar-refractivity contribution >= 4 is 26.0 Å². The molecule has 1 fully saturated rings. The molecule has 1 aliphatic rings. The Morgan fingerprint density at radius 1 is 1.26 bits per heavy atom. The number of nitrogens with one attached hydrogen (secondary N) is 1. The van der Waals surface area contributed by atoms with E-state index < -0.39 is 21.4 Å². The molecule has 19 heavy (non-hydrogen) atoms. The second kappa shape index (κ2) is 5.89. The Morgan fingerprint density at radius 3 is 2.53 bits per heavy atom. The normalized spacial score (nSPS) is 19.3. The Kier molecular flexibility index (Phi) is 4.63. The first kappa shape index (κ1) is 14.9. The van der Waals surface area contributed by atoms with Crippen LogP contribution in [0.25, 0.3) is 0 Å². The van der Waals surface area contributed by atoms with Gasteiger partial charge in [0.2, 0.25) is 10.0 Å². The van der Waals surface area contributed by atoms with E-state index in [1.807, 2.05) is 0 Å². The van der Waals surface area contributed by atoms with Crippen molar-refractivity contribution in [2.24, 2.45) is 0 Å². The van der Waals surface area contributed by atoms with Crippen LogP contribution in [0.5, 0.6) is 0 Å². The summed E-state index contributed by atoms with van der Waals surface area (Å²) < 4.78 is 40.5. The molecule has 0 aliphatic heterocycles. The number of sulfonamides is 1. The van der Waals surface area contributed by atoms with Crippen molar-refractivity contribution < 1.29 is 12.8 Å². The van der Waals surface area contributed by atoms with Crippen molar-refractivity contribution in [1.29, 1.82) is 0 Å². The third-order valence-electron chi connectivity index (χ3n) is 3.52. The van der Waals surface area contributed by atoms with Crippen LogP contribution >= 0.6 is 15.9 Å². The Morgan fingerprint density at radius 2 is 1.95 bits per heavy atom. The van der Waals surface area contributed by atoms with Gasteiger partial charge in [0.1, 0.15) is 5.82 Å². The number of hydrogen-bond acceptors (Lipinski definition) is 2. The van der Waals surface area contributed by atoms with Gasteiger partial charge in [-0.2, -0.15) is 0 Å². The van der Waals surface area contributed by atoms with Crippen molar-refractivity contribution in [3.8, 4) is 0 Å². The van der Waals surface area contributed by atoms with Gasteiger partial charge in [0.15, 0.2) is 0 Å². The van der Waals surface area contributed by atoms with Gasteiger partial charge in [-0.05, 0) is 31.0 Å². The van der Waals surface area contributed by atoms with Gasteiger partial charge in [0, 0.05) is 10.9 Å². The molecule has 106 valence electrons. The lowest BCUT2D eigenvalue weighted by Gasteiger charge is -2.36. The molecule has 0 heterocycles. The van der Waals surface area contributed by atoms with Crippen LogP contribution < -0.4 is 4.72 Å². The Balaban J connectivity index is 2.25. The lowest BCUT2D eigenvalue weighted by molar-refractivity contribution is 0.301. The standard InChI is InChI=1S/C13H17BrFNO2S/c14-10-13(7-2-1-3-8-13)16-19(17,18)12-6-4-5-11(15)9-12/h4-6,9,16H,1-3,7-8,10H2. The summed E-state index contributed by atoms with van der Waals surface area (Å²) in [6, 6.07) is 5.11. The molecular formula is C13H17BrFNO2S.